The van der Waals surface area contributed by atoms with Gasteiger partial charge in [0, 0.05) is 57.4 Å². The van der Waals surface area contributed by atoms with Crippen LogP contribution < -0.4 is 16.0 Å². The smallest absolute Gasteiger partial charge is 0.273 e. The molecule has 2 saturated heterocycles. The maximum Gasteiger partial charge on any atom is 0.273 e. The molecule has 1 atom stereocenters. The summed E-state index contributed by atoms with van der Waals surface area (Å²) in [6.45, 7) is 10.1. The number of amides is 2. The molecule has 1 aromatic carbocycles. The predicted molar refractivity (Wildman–Crippen MR) is 143 cm³/mol. The van der Waals surface area contributed by atoms with Gasteiger partial charge in [0.15, 0.2) is 22.5 Å². The van der Waals surface area contributed by atoms with Crippen molar-refractivity contribution in [1.29, 1.82) is 0 Å². The second kappa shape index (κ2) is 11.0. The molecule has 2 aliphatic heterocycles. The Kier molecular flexibility index (Phi) is 8.00. The molecule has 9 nitrogen and oxygen atoms in total. The highest BCUT2D eigenvalue weighted by Gasteiger charge is 2.35. The number of aryl methyl sites for hydroxylation is 2. The zero-order chi connectivity index (χ0) is 26.0. The third kappa shape index (κ3) is 5.27. The Morgan fingerprint density at radius 3 is 2.50 bits per heavy atom. The van der Waals surface area contributed by atoms with E-state index >= 15 is 0 Å². The van der Waals surface area contributed by atoms with Gasteiger partial charge in [-0.15, -0.1) is 0 Å². The van der Waals surface area contributed by atoms with E-state index in [9.17, 15) is 9.59 Å². The molecule has 2 fully saturated rings. The lowest BCUT2D eigenvalue weighted by molar-refractivity contribution is 0.0490. The summed E-state index contributed by atoms with van der Waals surface area (Å²) in [7, 11) is 1.51. The van der Waals surface area contributed by atoms with Crippen molar-refractivity contribution < 1.29 is 9.59 Å². The van der Waals surface area contributed by atoms with E-state index in [-0.39, 0.29) is 22.6 Å². The van der Waals surface area contributed by atoms with E-state index in [1.54, 1.807) is 0 Å². The van der Waals surface area contributed by atoms with Crippen LogP contribution in [0.3, 0.4) is 0 Å². The highest BCUT2D eigenvalue weighted by molar-refractivity contribution is 6.32. The summed E-state index contributed by atoms with van der Waals surface area (Å²) in [5.74, 6) is 0.319. The number of halogens is 1. The molecule has 0 spiro atoms. The number of piperidine rings is 1. The summed E-state index contributed by atoms with van der Waals surface area (Å²) in [4.78, 5) is 40.4. The van der Waals surface area contributed by atoms with Crippen molar-refractivity contribution >= 4 is 35.1 Å². The molecular weight excluding hydrogens is 478 g/mol. The van der Waals surface area contributed by atoms with E-state index in [1.165, 1.54) is 12.6 Å². The number of aromatic nitrogens is 2. The van der Waals surface area contributed by atoms with Crippen LogP contribution in [0.15, 0.2) is 18.2 Å². The topological polar surface area (TPSA) is 108 Å². The van der Waals surface area contributed by atoms with Crippen LogP contribution in [0.4, 0.5) is 11.6 Å². The Morgan fingerprint density at radius 1 is 1.14 bits per heavy atom. The number of benzene rings is 1. The van der Waals surface area contributed by atoms with E-state index in [2.05, 4.69) is 38.1 Å². The molecule has 36 heavy (non-hydrogen) atoms. The molecule has 3 heterocycles. The third-order valence-corrected chi connectivity index (χ3v) is 7.69. The van der Waals surface area contributed by atoms with Crippen LogP contribution in [-0.2, 0) is 0 Å². The molecule has 0 radical (unpaired) electrons. The first-order chi connectivity index (χ1) is 17.2. The minimum Gasteiger partial charge on any atom is -0.382 e. The van der Waals surface area contributed by atoms with Crippen molar-refractivity contribution in [2.24, 2.45) is 0 Å². The first kappa shape index (κ1) is 26.2. The summed E-state index contributed by atoms with van der Waals surface area (Å²) in [5.41, 5.74) is 9.07. The molecule has 4 rings (SSSR count). The SMILES string of the molecule is CC[C@H]1CN(c2nc(N)c(C(=O)NC)nc2Cl)CCN1C1CCN(C(=O)c2ccc(C)cc2C)CC1. The number of carbonyl (C=O) groups excluding carboxylic acids is 2. The molecule has 0 unspecified atom stereocenters. The van der Waals surface area contributed by atoms with Gasteiger partial charge in [0.1, 0.15) is 0 Å². The van der Waals surface area contributed by atoms with Gasteiger partial charge in [-0.05, 0) is 44.7 Å². The molecular formula is C26H36ClN7O2. The van der Waals surface area contributed by atoms with Crippen molar-refractivity contribution in [2.45, 2.75) is 52.1 Å². The summed E-state index contributed by atoms with van der Waals surface area (Å²) in [6.07, 6.45) is 2.90. The van der Waals surface area contributed by atoms with Crippen molar-refractivity contribution in [3.8, 4) is 0 Å². The largest absolute Gasteiger partial charge is 0.382 e. The molecule has 1 aromatic heterocycles. The molecule has 0 saturated carbocycles. The van der Waals surface area contributed by atoms with E-state index in [0.29, 0.717) is 17.9 Å². The van der Waals surface area contributed by atoms with E-state index in [0.717, 1.165) is 63.1 Å². The Hall–Kier alpha value is -2.91. The summed E-state index contributed by atoms with van der Waals surface area (Å²) in [6, 6.07) is 6.79. The number of nitrogens with one attached hydrogen (secondary N) is 1. The zero-order valence-electron chi connectivity index (χ0n) is 21.6. The molecule has 10 heteroatoms. The molecule has 2 amide bonds. The average Bonchev–Trinajstić information content (AvgIpc) is 2.88. The first-order valence-electron chi connectivity index (χ1n) is 12.7. The number of carbonyl (C=O) groups is 2. The van der Waals surface area contributed by atoms with Gasteiger partial charge in [-0.2, -0.15) is 0 Å². The summed E-state index contributed by atoms with van der Waals surface area (Å²) < 4.78 is 0. The fourth-order valence-electron chi connectivity index (χ4n) is 5.44. The number of rotatable bonds is 5. The highest BCUT2D eigenvalue weighted by atomic mass is 35.5. The lowest BCUT2D eigenvalue weighted by atomic mass is 9.97. The number of nitrogen functional groups attached to an aromatic ring is 1. The minimum absolute atomic E-state index is 0.0408. The van der Waals surface area contributed by atoms with Crippen molar-refractivity contribution in [1.82, 2.24) is 25.1 Å². The van der Waals surface area contributed by atoms with Gasteiger partial charge in [0.05, 0.1) is 0 Å². The lowest BCUT2D eigenvalue weighted by Crippen LogP contribution is -2.58. The number of piperazine rings is 1. The van der Waals surface area contributed by atoms with E-state index in [4.69, 9.17) is 17.3 Å². The van der Waals surface area contributed by atoms with Gasteiger partial charge >= 0.3 is 0 Å². The summed E-state index contributed by atoms with van der Waals surface area (Å²) in [5, 5.41) is 2.69. The molecule has 2 aromatic rings. The minimum atomic E-state index is -0.410. The van der Waals surface area contributed by atoms with Crippen LogP contribution in [0, 0.1) is 13.8 Å². The molecule has 0 bridgehead atoms. The van der Waals surface area contributed by atoms with Crippen molar-refractivity contribution in [3.05, 3.63) is 45.7 Å². The fraction of sp³-hybridized carbons (Fsp3) is 0.538. The third-order valence-electron chi connectivity index (χ3n) is 7.44. The molecule has 0 aliphatic carbocycles. The van der Waals surface area contributed by atoms with Gasteiger partial charge in [-0.1, -0.05) is 36.2 Å². The number of nitrogens with two attached hydrogens (primary N) is 1. The van der Waals surface area contributed by atoms with E-state index in [1.807, 2.05) is 30.9 Å². The molecule has 2 aliphatic rings. The quantitative estimate of drug-likeness (QED) is 0.632. The van der Waals surface area contributed by atoms with Crippen molar-refractivity contribution in [2.75, 3.05) is 50.4 Å². The standard InChI is InChI=1S/C26H36ClN7O2/c1-5-18-15-33(24-22(27)30-21(23(28)31-24)25(35)29-4)12-13-34(18)19-8-10-32(11-9-19)26(36)20-7-6-16(2)14-17(20)3/h6-7,14,18-19H,5,8-13,15H2,1-4H3,(H2,28,31)(H,29,35)/t18-/m0/s1. The van der Waals surface area contributed by atoms with Gasteiger partial charge in [-0.25, -0.2) is 9.97 Å². The van der Waals surface area contributed by atoms with Crippen LogP contribution in [0.1, 0.15) is 58.2 Å². The number of hydrogen-bond donors (Lipinski definition) is 2. The Labute approximate surface area is 218 Å². The highest BCUT2D eigenvalue weighted by Crippen LogP contribution is 2.30. The number of hydrogen-bond acceptors (Lipinski definition) is 7. The van der Waals surface area contributed by atoms with Gasteiger partial charge < -0.3 is 20.9 Å². The number of nitrogens with zero attached hydrogens (tertiary/aromatic N) is 5. The van der Waals surface area contributed by atoms with Crippen LogP contribution in [0.2, 0.25) is 5.15 Å². The maximum atomic E-state index is 13.1. The zero-order valence-corrected chi connectivity index (χ0v) is 22.3. The van der Waals surface area contributed by atoms with E-state index < -0.39 is 5.91 Å². The second-order valence-corrected chi connectivity index (χ2v) is 10.1. The predicted octanol–water partition coefficient (Wildman–Crippen LogP) is 2.89. The van der Waals surface area contributed by atoms with Gasteiger partial charge in [-0.3, -0.25) is 14.5 Å². The Balaban J connectivity index is 1.40. The summed E-state index contributed by atoms with van der Waals surface area (Å²) >= 11 is 6.43. The maximum absolute atomic E-state index is 13.1. The second-order valence-electron chi connectivity index (χ2n) is 9.74. The molecule has 194 valence electrons. The van der Waals surface area contributed by atoms with Crippen LogP contribution in [-0.4, -0.2) is 83.4 Å². The Bertz CT molecular complexity index is 1130. The first-order valence-corrected chi connectivity index (χ1v) is 13.0. The number of anilines is 2. The Morgan fingerprint density at radius 2 is 1.86 bits per heavy atom. The van der Waals surface area contributed by atoms with Crippen LogP contribution >= 0.6 is 11.6 Å². The van der Waals surface area contributed by atoms with Crippen LogP contribution in [0.25, 0.3) is 0 Å². The number of likely N-dealkylation sites (tertiary alicyclic amines) is 1. The normalized spacial score (nSPS) is 19.4. The fourth-order valence-corrected chi connectivity index (χ4v) is 5.68. The van der Waals surface area contributed by atoms with Gasteiger partial charge in [0.25, 0.3) is 11.8 Å². The van der Waals surface area contributed by atoms with Crippen molar-refractivity contribution in [3.63, 3.8) is 0 Å². The van der Waals surface area contributed by atoms with Crippen LogP contribution in [0.5, 0.6) is 0 Å². The average molecular weight is 514 g/mol. The molecule has 3 N–H and O–H groups in total. The van der Waals surface area contributed by atoms with Gasteiger partial charge in [0.2, 0.25) is 0 Å². The monoisotopic (exact) mass is 513 g/mol. The lowest BCUT2D eigenvalue weighted by Gasteiger charge is -2.47.